The number of hydrogen-bond acceptors (Lipinski definition) is 2. The van der Waals surface area contributed by atoms with Crippen LogP contribution in [-0.4, -0.2) is 10.2 Å². The van der Waals surface area contributed by atoms with E-state index in [0.29, 0.717) is 35.2 Å². The van der Waals surface area contributed by atoms with Gasteiger partial charge in [0.05, 0.1) is 0 Å². The summed E-state index contributed by atoms with van der Waals surface area (Å²) in [6.45, 7) is 17.3. The maximum atomic E-state index is 10.2. The molecule has 2 aromatic carbocycles. The molecule has 0 heterocycles. The topological polar surface area (TPSA) is 40.5 Å². The van der Waals surface area contributed by atoms with E-state index in [0.717, 1.165) is 47.9 Å². The molecule has 0 saturated heterocycles. The van der Waals surface area contributed by atoms with Crippen molar-refractivity contribution in [1.82, 2.24) is 0 Å². The van der Waals surface area contributed by atoms with Crippen LogP contribution in [-0.2, 0) is 0 Å². The van der Waals surface area contributed by atoms with Gasteiger partial charge in [-0.2, -0.15) is 0 Å². The first-order valence-electron chi connectivity index (χ1n) is 11.9. The van der Waals surface area contributed by atoms with Crippen LogP contribution in [0.4, 0.5) is 0 Å². The minimum atomic E-state index is 0.439. The summed E-state index contributed by atoms with van der Waals surface area (Å²) >= 11 is 0. The quantitative estimate of drug-likeness (QED) is 0.454. The Labute approximate surface area is 185 Å². The summed E-state index contributed by atoms with van der Waals surface area (Å²) in [5.74, 6) is 2.79. The Balaban J connectivity index is 0.000000300. The number of para-hydroxylation sites is 2. The number of hydrogen-bond donors (Lipinski definition) is 2. The van der Waals surface area contributed by atoms with Crippen molar-refractivity contribution in [2.75, 3.05) is 0 Å². The second kappa shape index (κ2) is 12.7. The van der Waals surface area contributed by atoms with E-state index in [1.165, 1.54) is 0 Å². The van der Waals surface area contributed by atoms with Crippen molar-refractivity contribution in [1.29, 1.82) is 0 Å². The SMILES string of the molecule is CC[C@H](C)c1cccc([C@@H](C)CC)c1O.CC[C@H](C)c1cccc([C@@H](C)CC)c1O. The first kappa shape index (κ1) is 26.1. The lowest BCUT2D eigenvalue weighted by Crippen LogP contribution is -1.98. The lowest BCUT2D eigenvalue weighted by Gasteiger charge is -2.17. The highest BCUT2D eigenvalue weighted by Crippen LogP contribution is 2.36. The molecule has 2 aromatic rings. The van der Waals surface area contributed by atoms with Gasteiger partial charge in [-0.25, -0.2) is 0 Å². The van der Waals surface area contributed by atoms with Crippen LogP contribution in [0.15, 0.2) is 36.4 Å². The van der Waals surface area contributed by atoms with Gasteiger partial charge >= 0.3 is 0 Å². The van der Waals surface area contributed by atoms with Crippen molar-refractivity contribution in [3.05, 3.63) is 58.7 Å². The lowest BCUT2D eigenvalue weighted by atomic mass is 9.90. The third-order valence-electron chi connectivity index (χ3n) is 6.77. The Morgan fingerprint density at radius 3 is 0.867 bits per heavy atom. The van der Waals surface area contributed by atoms with Gasteiger partial charge in [-0.15, -0.1) is 0 Å². The van der Waals surface area contributed by atoms with Gasteiger partial charge in [0, 0.05) is 0 Å². The van der Waals surface area contributed by atoms with Crippen LogP contribution in [0.3, 0.4) is 0 Å². The molecule has 2 rings (SSSR count). The van der Waals surface area contributed by atoms with E-state index in [4.69, 9.17) is 0 Å². The molecule has 0 amide bonds. The predicted molar refractivity (Wildman–Crippen MR) is 131 cm³/mol. The van der Waals surface area contributed by atoms with Crippen LogP contribution in [0.25, 0.3) is 0 Å². The number of aromatic hydroxyl groups is 2. The van der Waals surface area contributed by atoms with Gasteiger partial charge in [0.1, 0.15) is 11.5 Å². The van der Waals surface area contributed by atoms with Crippen LogP contribution in [0, 0.1) is 0 Å². The van der Waals surface area contributed by atoms with Gasteiger partial charge in [-0.3, -0.25) is 0 Å². The van der Waals surface area contributed by atoms with Gasteiger partial charge in [-0.1, -0.05) is 91.8 Å². The zero-order valence-corrected chi connectivity index (χ0v) is 20.5. The van der Waals surface area contributed by atoms with Crippen LogP contribution in [0.2, 0.25) is 0 Å². The number of phenolic OH excluding ortho intramolecular Hbond substituents is 2. The summed E-state index contributed by atoms with van der Waals surface area (Å²) in [5, 5.41) is 20.4. The molecule has 2 heteroatoms. The molecule has 2 nitrogen and oxygen atoms in total. The normalized spacial score (nSPS) is 14.9. The van der Waals surface area contributed by atoms with E-state index in [1.54, 1.807) is 0 Å². The van der Waals surface area contributed by atoms with E-state index in [-0.39, 0.29) is 0 Å². The molecule has 0 aliphatic heterocycles. The van der Waals surface area contributed by atoms with E-state index < -0.39 is 0 Å². The Morgan fingerprint density at radius 1 is 0.500 bits per heavy atom. The summed E-state index contributed by atoms with van der Waals surface area (Å²) in [5.41, 5.74) is 4.37. The molecule has 0 aliphatic carbocycles. The maximum absolute atomic E-state index is 10.2. The average molecular weight is 413 g/mol. The van der Waals surface area contributed by atoms with Crippen molar-refractivity contribution >= 4 is 0 Å². The van der Waals surface area contributed by atoms with Gasteiger partial charge < -0.3 is 10.2 Å². The van der Waals surface area contributed by atoms with E-state index in [9.17, 15) is 10.2 Å². The molecular formula is C28H44O2. The van der Waals surface area contributed by atoms with Crippen LogP contribution in [0.5, 0.6) is 11.5 Å². The molecule has 4 atom stereocenters. The number of rotatable bonds is 8. The fraction of sp³-hybridized carbons (Fsp3) is 0.571. The van der Waals surface area contributed by atoms with Crippen molar-refractivity contribution in [3.8, 4) is 11.5 Å². The smallest absolute Gasteiger partial charge is 0.122 e. The van der Waals surface area contributed by atoms with Gasteiger partial charge in [0.15, 0.2) is 0 Å². The first-order valence-corrected chi connectivity index (χ1v) is 11.9. The molecule has 0 spiro atoms. The molecule has 2 N–H and O–H groups in total. The molecular weight excluding hydrogens is 368 g/mol. The molecule has 0 fully saturated rings. The molecule has 0 unspecified atom stereocenters. The largest absolute Gasteiger partial charge is 0.507 e. The Hall–Kier alpha value is -1.96. The Kier molecular flexibility index (Phi) is 11.0. The third-order valence-corrected chi connectivity index (χ3v) is 6.77. The Bertz CT molecular complexity index is 643. The summed E-state index contributed by atoms with van der Waals surface area (Å²) in [6.07, 6.45) is 4.27. The molecule has 0 radical (unpaired) electrons. The first-order chi connectivity index (χ1) is 14.2. The van der Waals surface area contributed by atoms with Gasteiger partial charge in [0.25, 0.3) is 0 Å². The van der Waals surface area contributed by atoms with Crippen molar-refractivity contribution in [2.24, 2.45) is 0 Å². The van der Waals surface area contributed by atoms with Crippen molar-refractivity contribution < 1.29 is 10.2 Å². The highest BCUT2D eigenvalue weighted by Gasteiger charge is 2.15. The van der Waals surface area contributed by atoms with Crippen molar-refractivity contribution in [2.45, 2.75) is 105 Å². The fourth-order valence-electron chi connectivity index (χ4n) is 3.63. The molecule has 0 aliphatic rings. The zero-order chi connectivity index (χ0) is 22.8. The predicted octanol–water partition coefficient (Wildman–Crippen LogP) is 8.84. The Morgan fingerprint density at radius 2 is 0.700 bits per heavy atom. The minimum absolute atomic E-state index is 0.439. The molecule has 0 aromatic heterocycles. The van der Waals surface area contributed by atoms with Crippen LogP contribution in [0.1, 0.15) is 127 Å². The monoisotopic (exact) mass is 412 g/mol. The van der Waals surface area contributed by atoms with Crippen molar-refractivity contribution in [3.63, 3.8) is 0 Å². The third kappa shape index (κ3) is 6.52. The second-order valence-corrected chi connectivity index (χ2v) is 8.81. The fourth-order valence-corrected chi connectivity index (χ4v) is 3.63. The van der Waals surface area contributed by atoms with E-state index in [2.05, 4.69) is 67.5 Å². The minimum Gasteiger partial charge on any atom is -0.507 e. The summed E-state index contributed by atoms with van der Waals surface area (Å²) in [6, 6.07) is 12.3. The van der Waals surface area contributed by atoms with Crippen LogP contribution < -0.4 is 0 Å². The van der Waals surface area contributed by atoms with E-state index in [1.807, 2.05) is 24.3 Å². The molecule has 0 saturated carbocycles. The van der Waals surface area contributed by atoms with Gasteiger partial charge in [0.2, 0.25) is 0 Å². The number of phenols is 2. The second-order valence-electron chi connectivity index (χ2n) is 8.81. The lowest BCUT2D eigenvalue weighted by molar-refractivity contribution is 0.448. The molecule has 30 heavy (non-hydrogen) atoms. The highest BCUT2D eigenvalue weighted by molar-refractivity contribution is 5.44. The summed E-state index contributed by atoms with van der Waals surface area (Å²) in [4.78, 5) is 0. The summed E-state index contributed by atoms with van der Waals surface area (Å²) in [7, 11) is 0. The number of benzene rings is 2. The molecule has 0 bridgehead atoms. The van der Waals surface area contributed by atoms with Gasteiger partial charge in [-0.05, 0) is 71.6 Å². The highest BCUT2D eigenvalue weighted by atomic mass is 16.3. The van der Waals surface area contributed by atoms with E-state index >= 15 is 0 Å². The van der Waals surface area contributed by atoms with Crippen LogP contribution >= 0.6 is 0 Å². The summed E-state index contributed by atoms with van der Waals surface area (Å²) < 4.78 is 0. The average Bonchev–Trinajstić information content (AvgIpc) is 2.77. The standard InChI is InChI=1S/2C14H22O/c2*1-5-10(3)12-8-7-9-13(14(12)15)11(4)6-2/h2*7-11,15H,5-6H2,1-4H3/t2*10-,11-/m00/s1. The molecule has 168 valence electrons. The zero-order valence-electron chi connectivity index (χ0n) is 20.5. The maximum Gasteiger partial charge on any atom is 0.122 e.